The molecule has 0 saturated carbocycles. The molecule has 0 aliphatic carbocycles. The average Bonchev–Trinajstić information content (AvgIpc) is 2.29. The van der Waals surface area contributed by atoms with E-state index in [1.54, 1.807) is 6.92 Å². The van der Waals surface area contributed by atoms with Crippen LogP contribution in [0.4, 0.5) is 0 Å². The van der Waals surface area contributed by atoms with Gasteiger partial charge in [-0.1, -0.05) is 6.42 Å². The number of sulfone groups is 1. The third kappa shape index (κ3) is 3.43. The van der Waals surface area contributed by atoms with Crippen molar-refractivity contribution >= 4 is 15.7 Å². The number of carbonyl (C=O) groups is 1. The number of nitriles is 1. The lowest BCUT2D eigenvalue weighted by atomic mass is 10.1. The van der Waals surface area contributed by atoms with Crippen molar-refractivity contribution in [3.05, 3.63) is 0 Å². The molecule has 0 aromatic rings. The molecule has 0 N–H and O–H groups in total. The van der Waals surface area contributed by atoms with E-state index in [1.165, 1.54) is 4.90 Å². The molecular weight excluding hydrogens is 240 g/mol. The van der Waals surface area contributed by atoms with Gasteiger partial charge in [0, 0.05) is 13.1 Å². The normalized spacial score (nSPS) is 22.7. The van der Waals surface area contributed by atoms with Gasteiger partial charge in [0.25, 0.3) is 0 Å². The SMILES string of the molecule is CCN(CCC#N)C(=O)C1CCCCS1(=O)=O. The van der Waals surface area contributed by atoms with Crippen molar-refractivity contribution in [1.29, 1.82) is 5.26 Å². The fourth-order valence-electron chi connectivity index (χ4n) is 2.04. The topological polar surface area (TPSA) is 78.2 Å². The van der Waals surface area contributed by atoms with E-state index in [1.807, 2.05) is 6.07 Å². The molecule has 0 bridgehead atoms. The Morgan fingerprint density at radius 2 is 2.18 bits per heavy atom. The molecule has 5 nitrogen and oxygen atoms in total. The van der Waals surface area contributed by atoms with Crippen molar-refractivity contribution in [1.82, 2.24) is 4.90 Å². The zero-order valence-corrected chi connectivity index (χ0v) is 10.9. The van der Waals surface area contributed by atoms with Gasteiger partial charge in [0.1, 0.15) is 5.25 Å². The molecule has 1 aliphatic rings. The lowest BCUT2D eigenvalue weighted by Gasteiger charge is -2.27. The highest BCUT2D eigenvalue weighted by molar-refractivity contribution is 7.92. The Kier molecular flexibility index (Phi) is 4.94. The van der Waals surface area contributed by atoms with Gasteiger partial charge in [-0.05, 0) is 19.8 Å². The summed E-state index contributed by atoms with van der Waals surface area (Å²) >= 11 is 0. The molecule has 1 amide bonds. The van der Waals surface area contributed by atoms with E-state index >= 15 is 0 Å². The highest BCUT2D eigenvalue weighted by Gasteiger charge is 2.36. The lowest BCUT2D eigenvalue weighted by molar-refractivity contribution is -0.130. The molecule has 0 spiro atoms. The van der Waals surface area contributed by atoms with E-state index in [9.17, 15) is 13.2 Å². The van der Waals surface area contributed by atoms with Crippen molar-refractivity contribution in [3.63, 3.8) is 0 Å². The second-order valence-electron chi connectivity index (χ2n) is 4.18. The number of carbonyl (C=O) groups excluding carboxylic acids is 1. The smallest absolute Gasteiger partial charge is 0.240 e. The molecule has 1 atom stereocenters. The molecule has 0 aromatic heterocycles. The maximum absolute atomic E-state index is 12.1. The summed E-state index contributed by atoms with van der Waals surface area (Å²) in [6, 6.07) is 1.97. The minimum atomic E-state index is -3.28. The first kappa shape index (κ1) is 14.0. The zero-order chi connectivity index (χ0) is 12.9. The number of amides is 1. The fraction of sp³-hybridized carbons (Fsp3) is 0.818. The third-order valence-electron chi connectivity index (χ3n) is 3.04. The summed E-state index contributed by atoms with van der Waals surface area (Å²) in [7, 11) is -3.28. The van der Waals surface area contributed by atoms with Crippen LogP contribution in [0.1, 0.15) is 32.6 Å². The number of hydrogen-bond acceptors (Lipinski definition) is 4. The van der Waals surface area contributed by atoms with Crippen LogP contribution in [0.15, 0.2) is 0 Å². The Morgan fingerprint density at radius 1 is 1.47 bits per heavy atom. The van der Waals surface area contributed by atoms with E-state index in [0.717, 1.165) is 6.42 Å². The Bertz CT molecular complexity index is 411. The van der Waals surface area contributed by atoms with Gasteiger partial charge in [0.05, 0.1) is 18.2 Å². The minimum absolute atomic E-state index is 0.110. The molecule has 1 rings (SSSR count). The van der Waals surface area contributed by atoms with Crippen LogP contribution in [0.3, 0.4) is 0 Å². The van der Waals surface area contributed by atoms with Crippen LogP contribution >= 0.6 is 0 Å². The number of rotatable bonds is 4. The van der Waals surface area contributed by atoms with Gasteiger partial charge >= 0.3 is 0 Å². The van der Waals surface area contributed by atoms with Crippen molar-refractivity contribution in [3.8, 4) is 6.07 Å². The summed E-state index contributed by atoms with van der Waals surface area (Å²) in [4.78, 5) is 13.6. The number of hydrogen-bond donors (Lipinski definition) is 0. The quantitative estimate of drug-likeness (QED) is 0.744. The van der Waals surface area contributed by atoms with Crippen LogP contribution in [0.2, 0.25) is 0 Å². The Hall–Kier alpha value is -1.09. The average molecular weight is 258 g/mol. The molecule has 1 unspecified atom stereocenters. The van der Waals surface area contributed by atoms with E-state index in [4.69, 9.17) is 5.26 Å². The van der Waals surface area contributed by atoms with Crippen LogP contribution in [0.25, 0.3) is 0 Å². The van der Waals surface area contributed by atoms with Crippen LogP contribution in [-0.2, 0) is 14.6 Å². The highest BCUT2D eigenvalue weighted by atomic mass is 32.2. The second kappa shape index (κ2) is 6.01. The van der Waals surface area contributed by atoms with E-state index in [2.05, 4.69) is 0 Å². The molecule has 96 valence electrons. The third-order valence-corrected chi connectivity index (χ3v) is 5.20. The van der Waals surface area contributed by atoms with E-state index in [0.29, 0.717) is 25.9 Å². The second-order valence-corrected chi connectivity index (χ2v) is 6.48. The molecular formula is C11H18N2O3S. The largest absolute Gasteiger partial charge is 0.341 e. The van der Waals surface area contributed by atoms with Crippen LogP contribution in [-0.4, -0.2) is 43.3 Å². The maximum atomic E-state index is 12.1. The first-order chi connectivity index (χ1) is 8.03. The predicted molar refractivity (Wildman–Crippen MR) is 63.9 cm³/mol. The van der Waals surface area contributed by atoms with Crippen molar-refractivity contribution in [2.24, 2.45) is 0 Å². The lowest BCUT2D eigenvalue weighted by Crippen LogP contribution is -2.45. The summed E-state index contributed by atoms with van der Waals surface area (Å²) in [5.41, 5.74) is 0. The van der Waals surface area contributed by atoms with Crippen molar-refractivity contribution in [2.45, 2.75) is 37.9 Å². The van der Waals surface area contributed by atoms with Gasteiger partial charge < -0.3 is 4.90 Å². The molecule has 1 fully saturated rings. The summed E-state index contributed by atoms with van der Waals surface area (Å²) in [6.45, 7) is 2.56. The van der Waals surface area contributed by atoms with Gasteiger partial charge in [-0.15, -0.1) is 0 Å². The molecule has 0 radical (unpaired) electrons. The van der Waals surface area contributed by atoms with Gasteiger partial charge in [-0.3, -0.25) is 4.79 Å². The van der Waals surface area contributed by atoms with Crippen LogP contribution in [0.5, 0.6) is 0 Å². The first-order valence-electron chi connectivity index (χ1n) is 5.90. The zero-order valence-electron chi connectivity index (χ0n) is 10.1. The molecule has 17 heavy (non-hydrogen) atoms. The minimum Gasteiger partial charge on any atom is -0.341 e. The summed E-state index contributed by atoms with van der Waals surface area (Å²) in [5, 5.41) is 7.62. The molecule has 1 saturated heterocycles. The monoisotopic (exact) mass is 258 g/mol. The summed E-state index contributed by atoms with van der Waals surface area (Å²) < 4.78 is 23.6. The molecule has 0 aromatic carbocycles. The Balaban J connectivity index is 2.76. The standard InChI is InChI=1S/C11H18N2O3S/c1-2-13(8-5-7-12)11(14)10-6-3-4-9-17(10,15)16/h10H,2-6,8-9H2,1H3. The fourth-order valence-corrected chi connectivity index (χ4v) is 3.92. The van der Waals surface area contributed by atoms with Crippen LogP contribution in [0, 0.1) is 11.3 Å². The van der Waals surface area contributed by atoms with Gasteiger partial charge in [-0.25, -0.2) is 8.42 Å². The van der Waals surface area contributed by atoms with Gasteiger partial charge in [-0.2, -0.15) is 5.26 Å². The van der Waals surface area contributed by atoms with Crippen molar-refractivity contribution < 1.29 is 13.2 Å². The predicted octanol–water partition coefficient (Wildman–Crippen LogP) is 0.716. The van der Waals surface area contributed by atoms with Crippen molar-refractivity contribution in [2.75, 3.05) is 18.8 Å². The Morgan fingerprint density at radius 3 is 2.71 bits per heavy atom. The van der Waals surface area contributed by atoms with Crippen LogP contribution < -0.4 is 0 Å². The van der Waals surface area contributed by atoms with Gasteiger partial charge in [0.15, 0.2) is 9.84 Å². The summed E-state index contributed by atoms with van der Waals surface area (Å²) in [6.07, 6.45) is 2.10. The molecule has 1 heterocycles. The van der Waals surface area contributed by atoms with Gasteiger partial charge in [0.2, 0.25) is 5.91 Å². The molecule has 6 heteroatoms. The Labute approximate surface area is 102 Å². The van der Waals surface area contributed by atoms with E-state index < -0.39 is 15.1 Å². The maximum Gasteiger partial charge on any atom is 0.240 e. The first-order valence-corrected chi connectivity index (χ1v) is 7.61. The summed E-state index contributed by atoms with van der Waals surface area (Å²) in [5.74, 6) is -0.221. The highest BCUT2D eigenvalue weighted by Crippen LogP contribution is 2.21. The number of nitrogens with zero attached hydrogens (tertiary/aromatic N) is 2. The van der Waals surface area contributed by atoms with E-state index in [-0.39, 0.29) is 18.1 Å². The molecule has 1 aliphatic heterocycles.